The van der Waals surface area contributed by atoms with Gasteiger partial charge >= 0.3 is 5.97 Å². The lowest BCUT2D eigenvalue weighted by atomic mass is 9.78. The van der Waals surface area contributed by atoms with E-state index in [0.29, 0.717) is 5.69 Å². The summed E-state index contributed by atoms with van der Waals surface area (Å²) in [5.74, 6) is -0.891. The van der Waals surface area contributed by atoms with Gasteiger partial charge in [0.15, 0.2) is 0 Å². The van der Waals surface area contributed by atoms with Gasteiger partial charge in [0.1, 0.15) is 11.3 Å². The van der Waals surface area contributed by atoms with Crippen LogP contribution in [0.2, 0.25) is 0 Å². The Labute approximate surface area is 146 Å². The number of amides is 1. The molecule has 1 aliphatic rings. The molecule has 5 nitrogen and oxygen atoms in total. The Morgan fingerprint density at radius 1 is 1.08 bits per heavy atom. The van der Waals surface area contributed by atoms with Crippen LogP contribution in [0.25, 0.3) is 0 Å². The average Bonchev–Trinajstić information content (AvgIpc) is 3.13. The van der Waals surface area contributed by atoms with Crippen molar-refractivity contribution in [1.82, 2.24) is 0 Å². The number of aromatic carboxylic acids is 1. The van der Waals surface area contributed by atoms with E-state index in [9.17, 15) is 9.59 Å². The molecule has 3 rings (SSSR count). The van der Waals surface area contributed by atoms with Crippen molar-refractivity contribution in [3.05, 3.63) is 59.7 Å². The number of methoxy groups -OCH3 is 1. The minimum atomic E-state index is -1.06. The van der Waals surface area contributed by atoms with Crippen molar-refractivity contribution < 1.29 is 19.4 Å². The molecule has 0 spiro atoms. The van der Waals surface area contributed by atoms with Crippen LogP contribution in [0, 0.1) is 0 Å². The van der Waals surface area contributed by atoms with Crippen LogP contribution in [0.15, 0.2) is 48.5 Å². The zero-order chi connectivity index (χ0) is 17.9. The first kappa shape index (κ1) is 17.0. The SMILES string of the molecule is COc1cc(NC(=O)C2(c3ccccc3)CCCC2)ccc1C(=O)O. The third-order valence-corrected chi connectivity index (χ3v) is 4.91. The Bertz CT molecular complexity index is 780. The zero-order valence-corrected chi connectivity index (χ0v) is 14.1. The summed E-state index contributed by atoms with van der Waals surface area (Å²) < 4.78 is 5.13. The molecule has 130 valence electrons. The van der Waals surface area contributed by atoms with E-state index in [0.717, 1.165) is 31.2 Å². The Morgan fingerprint density at radius 3 is 2.36 bits per heavy atom. The molecule has 0 bridgehead atoms. The molecular formula is C20H21NO4. The highest BCUT2D eigenvalue weighted by Crippen LogP contribution is 2.42. The van der Waals surface area contributed by atoms with Gasteiger partial charge in [-0.2, -0.15) is 0 Å². The van der Waals surface area contributed by atoms with Crippen molar-refractivity contribution in [2.75, 3.05) is 12.4 Å². The number of ether oxygens (including phenoxy) is 1. The number of hydrogen-bond acceptors (Lipinski definition) is 3. The highest BCUT2D eigenvalue weighted by molar-refractivity contribution is 6.00. The molecule has 5 heteroatoms. The summed E-state index contributed by atoms with van der Waals surface area (Å²) in [5, 5.41) is 12.1. The fraction of sp³-hybridized carbons (Fsp3) is 0.300. The lowest BCUT2D eigenvalue weighted by molar-refractivity contribution is -0.121. The van der Waals surface area contributed by atoms with Gasteiger partial charge in [-0.15, -0.1) is 0 Å². The number of carboxylic acid groups (broad SMARTS) is 1. The number of carbonyl (C=O) groups excluding carboxylic acids is 1. The second-order valence-electron chi connectivity index (χ2n) is 6.33. The summed E-state index contributed by atoms with van der Waals surface area (Å²) in [6, 6.07) is 14.4. The molecule has 2 aromatic carbocycles. The minimum absolute atomic E-state index is 0.0543. The van der Waals surface area contributed by atoms with Crippen LogP contribution in [0.5, 0.6) is 5.75 Å². The molecule has 2 aromatic rings. The maximum absolute atomic E-state index is 13.1. The van der Waals surface area contributed by atoms with Crippen LogP contribution in [-0.2, 0) is 10.2 Å². The number of carboxylic acids is 1. The third-order valence-electron chi connectivity index (χ3n) is 4.91. The van der Waals surface area contributed by atoms with Crippen LogP contribution < -0.4 is 10.1 Å². The van der Waals surface area contributed by atoms with Gasteiger partial charge in [0.05, 0.1) is 12.5 Å². The van der Waals surface area contributed by atoms with Crippen molar-refractivity contribution in [1.29, 1.82) is 0 Å². The van der Waals surface area contributed by atoms with Crippen molar-refractivity contribution in [2.45, 2.75) is 31.1 Å². The summed E-state index contributed by atoms with van der Waals surface area (Å²) in [5.41, 5.74) is 1.10. The van der Waals surface area contributed by atoms with Crippen LogP contribution in [0.3, 0.4) is 0 Å². The normalized spacial score (nSPS) is 15.6. The largest absolute Gasteiger partial charge is 0.496 e. The number of nitrogens with one attached hydrogen (secondary N) is 1. The van der Waals surface area contributed by atoms with Gasteiger partial charge in [0.25, 0.3) is 0 Å². The van der Waals surface area contributed by atoms with Crippen LogP contribution in [-0.4, -0.2) is 24.1 Å². The van der Waals surface area contributed by atoms with Crippen LogP contribution in [0.4, 0.5) is 5.69 Å². The highest BCUT2D eigenvalue weighted by atomic mass is 16.5. The van der Waals surface area contributed by atoms with E-state index in [1.54, 1.807) is 12.1 Å². The molecule has 1 amide bonds. The zero-order valence-electron chi connectivity index (χ0n) is 14.1. The number of anilines is 1. The van der Waals surface area contributed by atoms with Crippen molar-refractivity contribution in [3.63, 3.8) is 0 Å². The Kier molecular flexibility index (Phi) is 4.74. The summed E-state index contributed by atoms with van der Waals surface area (Å²) in [6.45, 7) is 0. The van der Waals surface area contributed by atoms with Gasteiger partial charge in [0, 0.05) is 11.8 Å². The number of benzene rings is 2. The molecule has 1 saturated carbocycles. The molecule has 0 aromatic heterocycles. The topological polar surface area (TPSA) is 75.6 Å². The second-order valence-corrected chi connectivity index (χ2v) is 6.33. The fourth-order valence-electron chi connectivity index (χ4n) is 3.58. The molecule has 0 saturated heterocycles. The summed E-state index contributed by atoms with van der Waals surface area (Å²) in [4.78, 5) is 24.3. The number of carbonyl (C=O) groups is 2. The Morgan fingerprint density at radius 2 is 1.76 bits per heavy atom. The number of hydrogen-bond donors (Lipinski definition) is 2. The molecule has 0 atom stereocenters. The maximum atomic E-state index is 13.1. The number of rotatable bonds is 5. The Balaban J connectivity index is 1.89. The van der Waals surface area contributed by atoms with E-state index in [-0.39, 0.29) is 17.2 Å². The van der Waals surface area contributed by atoms with Gasteiger partial charge in [-0.1, -0.05) is 43.2 Å². The van der Waals surface area contributed by atoms with Gasteiger partial charge in [0.2, 0.25) is 5.91 Å². The van der Waals surface area contributed by atoms with E-state index in [2.05, 4.69) is 5.32 Å². The monoisotopic (exact) mass is 339 g/mol. The highest BCUT2D eigenvalue weighted by Gasteiger charge is 2.42. The van der Waals surface area contributed by atoms with Crippen molar-refractivity contribution in [2.24, 2.45) is 0 Å². The maximum Gasteiger partial charge on any atom is 0.339 e. The van der Waals surface area contributed by atoms with Crippen LogP contribution in [0.1, 0.15) is 41.6 Å². The van der Waals surface area contributed by atoms with Crippen LogP contribution >= 0.6 is 0 Å². The first-order chi connectivity index (χ1) is 12.1. The van der Waals surface area contributed by atoms with E-state index in [1.807, 2.05) is 30.3 Å². The summed E-state index contributed by atoms with van der Waals surface area (Å²) in [6.07, 6.45) is 3.66. The molecular weight excluding hydrogens is 318 g/mol. The standard InChI is InChI=1S/C20H21NO4/c1-25-17-13-15(9-10-16(17)18(22)23)21-19(24)20(11-5-6-12-20)14-7-3-2-4-8-14/h2-4,7-10,13H,5-6,11-12H2,1H3,(H,21,24)(H,22,23). The third kappa shape index (κ3) is 3.22. The Hall–Kier alpha value is -2.82. The van der Waals surface area contributed by atoms with Crippen molar-refractivity contribution >= 4 is 17.6 Å². The van der Waals surface area contributed by atoms with Crippen molar-refractivity contribution in [3.8, 4) is 5.75 Å². The van der Waals surface area contributed by atoms with Gasteiger partial charge < -0.3 is 15.2 Å². The lowest BCUT2D eigenvalue weighted by Gasteiger charge is -2.28. The first-order valence-corrected chi connectivity index (χ1v) is 8.35. The molecule has 1 aliphatic carbocycles. The molecule has 25 heavy (non-hydrogen) atoms. The van der Waals surface area contributed by atoms with Gasteiger partial charge in [-0.05, 0) is 30.5 Å². The quantitative estimate of drug-likeness (QED) is 0.868. The molecule has 0 radical (unpaired) electrons. The molecule has 2 N–H and O–H groups in total. The molecule has 0 aliphatic heterocycles. The van der Waals surface area contributed by atoms with E-state index in [1.165, 1.54) is 13.2 Å². The fourth-order valence-corrected chi connectivity index (χ4v) is 3.58. The van der Waals surface area contributed by atoms with Gasteiger partial charge in [-0.25, -0.2) is 4.79 Å². The average molecular weight is 339 g/mol. The van der Waals surface area contributed by atoms with Gasteiger partial charge in [-0.3, -0.25) is 4.79 Å². The lowest BCUT2D eigenvalue weighted by Crippen LogP contribution is -2.37. The summed E-state index contributed by atoms with van der Waals surface area (Å²) >= 11 is 0. The molecule has 0 unspecified atom stereocenters. The van der Waals surface area contributed by atoms with E-state index >= 15 is 0 Å². The predicted octanol–water partition coefficient (Wildman–Crippen LogP) is 3.84. The molecule has 0 heterocycles. The first-order valence-electron chi connectivity index (χ1n) is 8.35. The summed E-state index contributed by atoms with van der Waals surface area (Å²) in [7, 11) is 1.41. The second kappa shape index (κ2) is 6.97. The van der Waals surface area contributed by atoms with E-state index in [4.69, 9.17) is 9.84 Å². The van der Waals surface area contributed by atoms with E-state index < -0.39 is 11.4 Å². The molecule has 1 fully saturated rings. The smallest absolute Gasteiger partial charge is 0.339 e. The predicted molar refractivity (Wildman–Crippen MR) is 95.2 cm³/mol. The minimum Gasteiger partial charge on any atom is -0.496 e.